The maximum absolute atomic E-state index is 12.7. The standard InChI is InChI=1S/C21H17N3O6/c1-11-10-13(8-9-16(11)24(28)29)20(26)23-19-15-7-5-4-6-14(15)18(22-19)17(12(2)25)21(27)30-3/h4-10,25H,1-3H3/b17-12+,23-19?. The number of nitro groups is 1. The van der Waals surface area contributed by atoms with Crippen molar-refractivity contribution in [3.05, 3.63) is 86.2 Å². The van der Waals surface area contributed by atoms with E-state index in [1.807, 2.05) is 0 Å². The second-order valence-electron chi connectivity index (χ2n) is 6.46. The first-order chi connectivity index (χ1) is 14.2. The summed E-state index contributed by atoms with van der Waals surface area (Å²) in [5.74, 6) is -1.65. The number of aryl methyl sites for hydroxylation is 1. The van der Waals surface area contributed by atoms with Crippen molar-refractivity contribution in [3.8, 4) is 0 Å². The fraction of sp³-hybridized carbons (Fsp3) is 0.143. The maximum Gasteiger partial charge on any atom is 0.343 e. The summed E-state index contributed by atoms with van der Waals surface area (Å²) < 4.78 is 4.73. The van der Waals surface area contributed by atoms with Gasteiger partial charge in [-0.2, -0.15) is 4.99 Å². The van der Waals surface area contributed by atoms with E-state index < -0.39 is 16.8 Å². The highest BCUT2D eigenvalue weighted by molar-refractivity contribution is 6.36. The van der Waals surface area contributed by atoms with Crippen molar-refractivity contribution in [2.75, 3.05) is 7.11 Å². The van der Waals surface area contributed by atoms with Gasteiger partial charge in [-0.05, 0) is 26.0 Å². The van der Waals surface area contributed by atoms with Crippen molar-refractivity contribution in [3.63, 3.8) is 0 Å². The van der Waals surface area contributed by atoms with Crippen molar-refractivity contribution < 1.29 is 24.4 Å². The molecule has 9 nitrogen and oxygen atoms in total. The molecule has 0 radical (unpaired) electrons. The van der Waals surface area contributed by atoms with Gasteiger partial charge in [-0.25, -0.2) is 9.79 Å². The van der Waals surface area contributed by atoms with Gasteiger partial charge in [-0.3, -0.25) is 14.9 Å². The molecule has 1 aliphatic rings. The molecule has 1 N–H and O–H groups in total. The van der Waals surface area contributed by atoms with Gasteiger partial charge in [-0.15, -0.1) is 0 Å². The normalized spacial score (nSPS) is 14.6. The summed E-state index contributed by atoms with van der Waals surface area (Å²) in [6.07, 6.45) is 0. The molecule has 0 aliphatic carbocycles. The molecule has 0 atom stereocenters. The number of aliphatic hydroxyl groups excluding tert-OH is 1. The summed E-state index contributed by atoms with van der Waals surface area (Å²) in [4.78, 5) is 43.6. The molecular formula is C21H17N3O6. The number of amides is 1. The molecule has 0 saturated carbocycles. The number of benzene rings is 2. The van der Waals surface area contributed by atoms with Gasteiger partial charge < -0.3 is 9.84 Å². The molecule has 9 heteroatoms. The zero-order valence-corrected chi connectivity index (χ0v) is 16.4. The van der Waals surface area contributed by atoms with Gasteiger partial charge in [-0.1, -0.05) is 24.3 Å². The summed E-state index contributed by atoms with van der Waals surface area (Å²) in [6.45, 7) is 2.86. The molecule has 2 aromatic carbocycles. The van der Waals surface area contributed by atoms with Crippen molar-refractivity contribution in [2.24, 2.45) is 9.98 Å². The Kier molecular flexibility index (Phi) is 5.54. The number of nitrogens with zero attached hydrogens (tertiary/aromatic N) is 3. The van der Waals surface area contributed by atoms with Crippen LogP contribution in [0.1, 0.15) is 34.0 Å². The molecule has 0 bridgehead atoms. The lowest BCUT2D eigenvalue weighted by atomic mass is 9.99. The summed E-state index contributed by atoms with van der Waals surface area (Å²) >= 11 is 0. The van der Waals surface area contributed by atoms with E-state index in [0.29, 0.717) is 16.7 Å². The lowest BCUT2D eigenvalue weighted by Crippen LogP contribution is -2.16. The second kappa shape index (κ2) is 8.08. The Bertz CT molecular complexity index is 1170. The number of aliphatic imine (C=N–C) groups is 2. The van der Waals surface area contributed by atoms with Gasteiger partial charge in [0.1, 0.15) is 11.3 Å². The SMILES string of the molecule is COC(=O)/C(C1=NC(=NC(=O)c2ccc([N+](=O)[O-])c(C)c2)c2ccccc21)=C(\C)O. The van der Waals surface area contributed by atoms with E-state index in [9.17, 15) is 24.8 Å². The first kappa shape index (κ1) is 20.6. The number of methoxy groups -OCH3 is 1. The first-order valence-electron chi connectivity index (χ1n) is 8.79. The predicted molar refractivity (Wildman–Crippen MR) is 109 cm³/mol. The van der Waals surface area contributed by atoms with Crippen LogP contribution in [-0.2, 0) is 9.53 Å². The minimum atomic E-state index is -0.776. The summed E-state index contributed by atoms with van der Waals surface area (Å²) in [5, 5.41) is 20.9. The second-order valence-corrected chi connectivity index (χ2v) is 6.46. The summed E-state index contributed by atoms with van der Waals surface area (Å²) in [6, 6.07) is 10.8. The summed E-state index contributed by atoms with van der Waals surface area (Å²) in [7, 11) is 1.18. The Labute approximate surface area is 171 Å². The average Bonchev–Trinajstić information content (AvgIpc) is 3.05. The molecule has 30 heavy (non-hydrogen) atoms. The van der Waals surface area contributed by atoms with Crippen molar-refractivity contribution in [1.29, 1.82) is 0 Å². The lowest BCUT2D eigenvalue weighted by Gasteiger charge is -2.07. The molecule has 0 saturated heterocycles. The number of amidine groups is 1. The number of hydrogen-bond donors (Lipinski definition) is 1. The molecule has 0 spiro atoms. The molecule has 1 heterocycles. The molecule has 3 rings (SSSR count). The van der Waals surface area contributed by atoms with Crippen LogP contribution in [0.2, 0.25) is 0 Å². The van der Waals surface area contributed by atoms with Crippen LogP contribution in [0.3, 0.4) is 0 Å². The number of rotatable bonds is 4. The van der Waals surface area contributed by atoms with E-state index in [1.54, 1.807) is 24.3 Å². The van der Waals surface area contributed by atoms with Gasteiger partial charge in [0.15, 0.2) is 5.84 Å². The van der Waals surface area contributed by atoms with Gasteiger partial charge in [0, 0.05) is 28.3 Å². The molecule has 152 valence electrons. The highest BCUT2D eigenvalue weighted by Gasteiger charge is 2.30. The number of allylic oxidation sites excluding steroid dienone is 1. The molecule has 0 fully saturated rings. The molecule has 2 aromatic rings. The zero-order valence-electron chi connectivity index (χ0n) is 16.4. The highest BCUT2D eigenvalue weighted by atomic mass is 16.6. The molecule has 1 amide bonds. The van der Waals surface area contributed by atoms with Crippen LogP contribution >= 0.6 is 0 Å². The Hall–Kier alpha value is -4.14. The Morgan fingerprint density at radius 2 is 1.83 bits per heavy atom. The van der Waals surface area contributed by atoms with Crippen LogP contribution in [0.25, 0.3) is 0 Å². The van der Waals surface area contributed by atoms with E-state index in [1.165, 1.54) is 39.2 Å². The molecular weight excluding hydrogens is 390 g/mol. The number of carbonyl (C=O) groups excluding carboxylic acids is 2. The van der Waals surface area contributed by atoms with Crippen LogP contribution in [0.4, 0.5) is 5.69 Å². The van der Waals surface area contributed by atoms with Crippen LogP contribution in [0, 0.1) is 17.0 Å². The fourth-order valence-electron chi connectivity index (χ4n) is 3.06. The quantitative estimate of drug-likeness (QED) is 0.272. The van der Waals surface area contributed by atoms with Crippen molar-refractivity contribution in [2.45, 2.75) is 13.8 Å². The fourth-order valence-corrected chi connectivity index (χ4v) is 3.06. The smallest absolute Gasteiger partial charge is 0.343 e. The number of esters is 1. The third kappa shape index (κ3) is 3.72. The van der Waals surface area contributed by atoms with Crippen molar-refractivity contribution >= 4 is 29.1 Å². The average molecular weight is 407 g/mol. The number of ether oxygens (including phenoxy) is 1. The number of carbonyl (C=O) groups is 2. The minimum Gasteiger partial charge on any atom is -0.512 e. The number of hydrogen-bond acceptors (Lipinski definition) is 6. The molecule has 0 aromatic heterocycles. The van der Waals surface area contributed by atoms with Crippen LogP contribution < -0.4 is 0 Å². The monoisotopic (exact) mass is 407 g/mol. The molecule has 1 aliphatic heterocycles. The Balaban J connectivity index is 2.08. The van der Waals surface area contributed by atoms with E-state index in [-0.39, 0.29) is 34.1 Å². The lowest BCUT2D eigenvalue weighted by molar-refractivity contribution is -0.385. The largest absolute Gasteiger partial charge is 0.512 e. The zero-order chi connectivity index (χ0) is 22.0. The number of fused-ring (bicyclic) bond motifs is 1. The van der Waals surface area contributed by atoms with E-state index >= 15 is 0 Å². The van der Waals surface area contributed by atoms with E-state index in [2.05, 4.69) is 9.98 Å². The first-order valence-corrected chi connectivity index (χ1v) is 8.79. The summed E-state index contributed by atoms with van der Waals surface area (Å²) in [5.41, 5.74) is 1.41. The van der Waals surface area contributed by atoms with Gasteiger partial charge in [0.05, 0.1) is 17.7 Å². The number of aliphatic hydroxyl groups is 1. The maximum atomic E-state index is 12.7. The van der Waals surface area contributed by atoms with Gasteiger partial charge in [0.25, 0.3) is 11.6 Å². The Morgan fingerprint density at radius 1 is 1.17 bits per heavy atom. The Morgan fingerprint density at radius 3 is 2.40 bits per heavy atom. The van der Waals surface area contributed by atoms with Crippen LogP contribution in [0.15, 0.2) is 63.8 Å². The minimum absolute atomic E-state index is 0.0595. The van der Waals surface area contributed by atoms with Crippen molar-refractivity contribution in [1.82, 2.24) is 0 Å². The van der Waals surface area contributed by atoms with E-state index in [4.69, 9.17) is 4.74 Å². The third-order valence-electron chi connectivity index (χ3n) is 4.48. The van der Waals surface area contributed by atoms with Crippen LogP contribution in [0.5, 0.6) is 0 Å². The predicted octanol–water partition coefficient (Wildman–Crippen LogP) is 3.30. The highest BCUT2D eigenvalue weighted by Crippen LogP contribution is 2.26. The van der Waals surface area contributed by atoms with Crippen LogP contribution in [-0.4, -0.2) is 40.6 Å². The van der Waals surface area contributed by atoms with Gasteiger partial charge >= 0.3 is 5.97 Å². The topological polar surface area (TPSA) is 131 Å². The number of nitro benzene ring substituents is 1. The van der Waals surface area contributed by atoms with Gasteiger partial charge in [0.2, 0.25) is 0 Å². The third-order valence-corrected chi connectivity index (χ3v) is 4.48. The molecule has 0 unspecified atom stereocenters. The van der Waals surface area contributed by atoms with E-state index in [0.717, 1.165) is 0 Å².